The highest BCUT2D eigenvalue weighted by molar-refractivity contribution is 5.96. The number of aromatic nitrogens is 2. The van der Waals surface area contributed by atoms with Crippen molar-refractivity contribution in [3.05, 3.63) is 78.2 Å². The van der Waals surface area contributed by atoms with Crippen LogP contribution in [-0.4, -0.2) is 64.2 Å². The molecular weight excluding hydrogens is 420 g/mol. The predicted molar refractivity (Wildman–Crippen MR) is 121 cm³/mol. The van der Waals surface area contributed by atoms with E-state index >= 15 is 0 Å². The highest BCUT2D eigenvalue weighted by atomic mass is 16.6. The topological polar surface area (TPSA) is 101 Å². The zero-order valence-electron chi connectivity index (χ0n) is 18.3. The van der Waals surface area contributed by atoms with E-state index in [9.17, 15) is 14.7 Å². The van der Waals surface area contributed by atoms with E-state index in [0.29, 0.717) is 40.9 Å². The molecule has 2 N–H and O–H groups in total. The van der Waals surface area contributed by atoms with Crippen molar-refractivity contribution in [2.45, 2.75) is 18.1 Å². The van der Waals surface area contributed by atoms with Crippen molar-refractivity contribution in [2.24, 2.45) is 0 Å². The van der Waals surface area contributed by atoms with Crippen molar-refractivity contribution in [3.63, 3.8) is 0 Å². The number of nitrogens with one attached hydrogen (secondary N) is 1. The van der Waals surface area contributed by atoms with E-state index in [2.05, 4.69) is 15.3 Å². The zero-order valence-corrected chi connectivity index (χ0v) is 18.3. The molecule has 1 aliphatic heterocycles. The van der Waals surface area contributed by atoms with Crippen molar-refractivity contribution in [1.82, 2.24) is 9.97 Å². The number of carbonyl (C=O) groups excluding carboxylic acids is 2. The fourth-order valence-electron chi connectivity index (χ4n) is 4.93. The van der Waals surface area contributed by atoms with Gasteiger partial charge in [0.1, 0.15) is 6.54 Å². The Morgan fingerprint density at radius 3 is 2.42 bits per heavy atom. The first-order valence-electron chi connectivity index (χ1n) is 10.9. The molecule has 2 aliphatic rings. The minimum absolute atomic E-state index is 0.178. The number of hydrogen-bond donors (Lipinski definition) is 2. The summed E-state index contributed by atoms with van der Waals surface area (Å²) in [6, 6.07) is 14.7. The van der Waals surface area contributed by atoms with Gasteiger partial charge in [-0.2, -0.15) is 0 Å². The molecule has 0 spiro atoms. The van der Waals surface area contributed by atoms with Crippen LogP contribution < -0.4 is 5.32 Å². The molecule has 0 bridgehead atoms. The third-order valence-corrected chi connectivity index (χ3v) is 6.48. The summed E-state index contributed by atoms with van der Waals surface area (Å²) in [5.74, 6) is -0.457. The zero-order chi connectivity index (χ0) is 23.1. The third-order valence-electron chi connectivity index (χ3n) is 6.48. The van der Waals surface area contributed by atoms with Gasteiger partial charge in [0.15, 0.2) is 18.5 Å². The van der Waals surface area contributed by atoms with Crippen LogP contribution >= 0.6 is 0 Å². The van der Waals surface area contributed by atoms with Gasteiger partial charge >= 0.3 is 5.97 Å². The lowest BCUT2D eigenvalue weighted by Crippen LogP contribution is -2.48. The van der Waals surface area contributed by atoms with Crippen molar-refractivity contribution >= 4 is 17.7 Å². The average Bonchev–Trinajstić information content (AvgIpc) is 3.30. The van der Waals surface area contributed by atoms with Gasteiger partial charge < -0.3 is 19.6 Å². The molecule has 1 unspecified atom stereocenters. The third kappa shape index (κ3) is 3.77. The summed E-state index contributed by atoms with van der Waals surface area (Å²) >= 11 is 0. The maximum Gasteiger partial charge on any atom is 0.348 e. The molecule has 2 aromatic carbocycles. The number of quaternary nitrogens is 1. The molecule has 1 aliphatic carbocycles. The van der Waals surface area contributed by atoms with Crippen LogP contribution in [0.3, 0.4) is 0 Å². The number of likely N-dealkylation sites (tertiary alicyclic amines) is 1. The van der Waals surface area contributed by atoms with Crippen LogP contribution in [0.5, 0.6) is 0 Å². The Morgan fingerprint density at radius 2 is 1.79 bits per heavy atom. The first-order chi connectivity index (χ1) is 15.9. The molecular formula is C25H25N4O4+. The molecule has 0 radical (unpaired) electrons. The van der Waals surface area contributed by atoms with Gasteiger partial charge in [-0.25, -0.2) is 9.78 Å². The number of ether oxygens (including phenoxy) is 1. The molecule has 1 aromatic heterocycles. The lowest BCUT2D eigenvalue weighted by molar-refractivity contribution is -0.890. The molecule has 1 fully saturated rings. The lowest BCUT2D eigenvalue weighted by atomic mass is 9.91. The fourth-order valence-corrected chi connectivity index (χ4v) is 4.93. The first kappa shape index (κ1) is 21.2. The molecule has 8 heteroatoms. The van der Waals surface area contributed by atoms with Crippen molar-refractivity contribution < 1.29 is 23.9 Å². The Kier molecular flexibility index (Phi) is 5.19. The largest absolute Gasteiger partial charge is 0.453 e. The minimum atomic E-state index is -1.84. The fraction of sp³-hybridized carbons (Fsp3) is 0.280. The standard InChI is InChI=1S/C25H24N4O4/c1-29(16-23(30)28-22-14-26-11-12-27-22)13-10-17(15-29)33-24(31)25(32)20-8-4-2-6-18(20)19-7-3-5-9-21(19)25/h2-9,11-12,14,17,32H,10,13,15-16H2,1H3/p+1/t17?,29-/m1/s1. The number of carbonyl (C=O) groups is 2. The quantitative estimate of drug-likeness (QED) is 0.461. The van der Waals surface area contributed by atoms with Gasteiger partial charge in [-0.15, -0.1) is 0 Å². The highest BCUT2D eigenvalue weighted by Gasteiger charge is 2.51. The number of aliphatic hydroxyl groups is 1. The van der Waals surface area contributed by atoms with Crippen LogP contribution in [0.2, 0.25) is 0 Å². The average molecular weight is 445 g/mol. The Morgan fingerprint density at radius 1 is 1.12 bits per heavy atom. The van der Waals surface area contributed by atoms with E-state index in [-0.39, 0.29) is 12.5 Å². The number of hydrogen-bond acceptors (Lipinski definition) is 6. The number of benzene rings is 2. The minimum Gasteiger partial charge on any atom is -0.453 e. The maximum atomic E-state index is 13.3. The summed E-state index contributed by atoms with van der Waals surface area (Å²) in [5.41, 5.74) is 0.896. The van der Waals surface area contributed by atoms with Crippen LogP contribution in [0.4, 0.5) is 5.82 Å². The Balaban J connectivity index is 1.29. The van der Waals surface area contributed by atoms with E-state index in [0.717, 1.165) is 11.1 Å². The monoisotopic (exact) mass is 445 g/mol. The number of anilines is 1. The molecule has 2 heterocycles. The highest BCUT2D eigenvalue weighted by Crippen LogP contribution is 2.48. The van der Waals surface area contributed by atoms with Crippen molar-refractivity contribution in [1.29, 1.82) is 0 Å². The van der Waals surface area contributed by atoms with Gasteiger partial charge in [0.25, 0.3) is 5.91 Å². The summed E-state index contributed by atoms with van der Waals surface area (Å²) in [6.07, 6.45) is 4.76. The van der Waals surface area contributed by atoms with E-state index in [1.807, 2.05) is 43.4 Å². The summed E-state index contributed by atoms with van der Waals surface area (Å²) in [7, 11) is 1.96. The molecule has 8 nitrogen and oxygen atoms in total. The molecule has 1 saturated heterocycles. The molecule has 0 saturated carbocycles. The molecule has 3 aromatic rings. The van der Waals surface area contributed by atoms with Crippen molar-refractivity contribution in [3.8, 4) is 11.1 Å². The van der Waals surface area contributed by atoms with Crippen LogP contribution in [0.1, 0.15) is 17.5 Å². The summed E-state index contributed by atoms with van der Waals surface area (Å²) in [6.45, 7) is 1.39. The Labute approximate surface area is 191 Å². The Bertz CT molecular complexity index is 1170. The summed E-state index contributed by atoms with van der Waals surface area (Å²) in [4.78, 5) is 33.8. The van der Waals surface area contributed by atoms with E-state index < -0.39 is 17.7 Å². The van der Waals surface area contributed by atoms with Gasteiger partial charge in [-0.1, -0.05) is 48.5 Å². The van der Waals surface area contributed by atoms with Gasteiger partial charge in [0.2, 0.25) is 5.60 Å². The van der Waals surface area contributed by atoms with Crippen LogP contribution in [-0.2, 0) is 19.9 Å². The predicted octanol–water partition coefficient (Wildman–Crippen LogP) is 2.09. The molecule has 2 atom stereocenters. The number of likely N-dealkylation sites (N-methyl/N-ethyl adjacent to an activating group) is 1. The van der Waals surface area contributed by atoms with Crippen LogP contribution in [0, 0.1) is 0 Å². The van der Waals surface area contributed by atoms with Crippen LogP contribution in [0.25, 0.3) is 11.1 Å². The maximum absolute atomic E-state index is 13.3. The van der Waals surface area contributed by atoms with Crippen molar-refractivity contribution in [2.75, 3.05) is 32.0 Å². The first-order valence-corrected chi connectivity index (χ1v) is 10.9. The SMILES string of the molecule is C[N@@+]1(CC(=O)Nc2cnccn2)CCC(OC(=O)C2(O)c3ccccc3-c3ccccc32)C1. The summed E-state index contributed by atoms with van der Waals surface area (Å²) < 4.78 is 6.27. The molecule has 33 heavy (non-hydrogen) atoms. The molecule has 1 amide bonds. The van der Waals surface area contributed by atoms with Gasteiger partial charge in [-0.3, -0.25) is 9.78 Å². The smallest absolute Gasteiger partial charge is 0.348 e. The number of rotatable bonds is 5. The van der Waals surface area contributed by atoms with E-state index in [1.54, 1.807) is 12.1 Å². The number of esters is 1. The summed E-state index contributed by atoms with van der Waals surface area (Å²) in [5, 5.41) is 14.4. The normalized spacial score (nSPS) is 22.3. The molecule has 5 rings (SSSR count). The Hall–Kier alpha value is -3.62. The second kappa shape index (κ2) is 8.06. The van der Waals surface area contributed by atoms with E-state index in [4.69, 9.17) is 4.74 Å². The second-order valence-electron chi connectivity index (χ2n) is 8.94. The van der Waals surface area contributed by atoms with Gasteiger partial charge in [0.05, 0.1) is 19.8 Å². The number of nitrogens with zero attached hydrogens (tertiary/aromatic N) is 3. The molecule has 168 valence electrons. The van der Waals surface area contributed by atoms with Crippen LogP contribution in [0.15, 0.2) is 67.1 Å². The lowest BCUT2D eigenvalue weighted by Gasteiger charge is -2.29. The number of fused-ring (bicyclic) bond motifs is 3. The van der Waals surface area contributed by atoms with E-state index in [1.165, 1.54) is 18.6 Å². The second-order valence-corrected chi connectivity index (χ2v) is 8.94. The number of amides is 1. The van der Waals surface area contributed by atoms with Gasteiger partial charge in [-0.05, 0) is 11.1 Å². The van der Waals surface area contributed by atoms with Gasteiger partial charge in [0, 0.05) is 29.9 Å².